The van der Waals surface area contributed by atoms with Gasteiger partial charge in [0.2, 0.25) is 11.1 Å². The Bertz CT molecular complexity index is 2740. The molecule has 2 aliphatic heterocycles. The number of thiophene rings is 2. The minimum Gasteiger partial charge on any atom is -0.444 e. The molecule has 0 atom stereocenters. The molecule has 20 heteroatoms. The molecule has 64 heavy (non-hydrogen) atoms. The molecule has 2 aromatic carbocycles. The molecule has 3 N–H and O–H groups in total. The Morgan fingerprint density at radius 3 is 1.70 bits per heavy atom. The zero-order chi connectivity index (χ0) is 46.7. The van der Waals surface area contributed by atoms with Crippen molar-refractivity contribution in [3.63, 3.8) is 0 Å². The number of hydrogen-bond donors (Lipinski definition) is 2. The van der Waals surface area contributed by atoms with Gasteiger partial charge in [-0.25, -0.2) is 19.6 Å². The standard InChI is InChI=1S/C22H22BrN3O3S2.C19H20BrN3O2S2.C3H4Cl2O/c1-5-17(27)25-20-18(19-24-14-10-12(23)6-7-15(14)30-19)13-8-9-26(11-16(13)31-20)21(28)29-22(2,3)4;1-19(2,3)25-18(24)23-7-6-11-14(9-23)26-16(21)15(11)17-22-12-8-10(20)4-5-13(12)27-17;4-2-1-3(5)6/h5-7,10H,1,8-9,11H2,2-4H3,(H,25,27);4-5,8H,6-7,9,21H2,1-3H3;1-2H2. The first kappa shape index (κ1) is 49.8. The number of nitrogens with zero attached hydrogens (tertiary/aromatic N) is 4. The summed E-state index contributed by atoms with van der Waals surface area (Å²) >= 11 is 23.2. The number of anilines is 2. The number of amides is 3. The molecule has 0 fully saturated rings. The maximum absolute atomic E-state index is 12.6. The van der Waals surface area contributed by atoms with E-state index in [-0.39, 0.29) is 29.8 Å². The van der Waals surface area contributed by atoms with Gasteiger partial charge in [0.15, 0.2) is 0 Å². The maximum Gasteiger partial charge on any atom is 0.410 e. The van der Waals surface area contributed by atoms with E-state index in [0.29, 0.717) is 38.5 Å². The van der Waals surface area contributed by atoms with E-state index in [2.05, 4.69) is 49.8 Å². The van der Waals surface area contributed by atoms with E-state index in [1.54, 1.807) is 43.8 Å². The van der Waals surface area contributed by atoms with Crippen molar-refractivity contribution in [3.05, 3.63) is 78.9 Å². The smallest absolute Gasteiger partial charge is 0.410 e. The SMILES string of the molecule is C=CC(=O)Nc1sc2c(c1-c1nc3cc(Br)ccc3s1)CCN(C(=O)OC(C)(C)C)C2.CC(C)(C)OC(=O)N1CCc2c(sc(N)c2-c2nc3cc(Br)ccc3s2)C1.O=C(Cl)CCCl. The molecule has 6 aromatic rings. The summed E-state index contributed by atoms with van der Waals surface area (Å²) in [6.07, 6.45) is 2.36. The number of nitrogens with two attached hydrogens (primary N) is 1. The van der Waals surface area contributed by atoms with Gasteiger partial charge in [0.05, 0.1) is 38.5 Å². The van der Waals surface area contributed by atoms with Gasteiger partial charge in [-0.3, -0.25) is 9.59 Å². The molecule has 4 aromatic heterocycles. The largest absolute Gasteiger partial charge is 0.444 e. The molecular weight excluding hydrogens is 1070 g/mol. The van der Waals surface area contributed by atoms with Crippen molar-refractivity contribution in [1.29, 1.82) is 0 Å². The first-order chi connectivity index (χ1) is 30.1. The molecule has 0 saturated heterocycles. The molecule has 0 saturated carbocycles. The molecule has 3 amide bonds. The summed E-state index contributed by atoms with van der Waals surface area (Å²) in [6, 6.07) is 12.1. The van der Waals surface area contributed by atoms with Crippen LogP contribution in [0.2, 0.25) is 0 Å². The third kappa shape index (κ3) is 12.6. The van der Waals surface area contributed by atoms with Crippen LogP contribution in [0.4, 0.5) is 19.6 Å². The number of ether oxygens (including phenoxy) is 2. The van der Waals surface area contributed by atoms with Gasteiger partial charge >= 0.3 is 12.2 Å². The van der Waals surface area contributed by atoms with Crippen LogP contribution in [0.5, 0.6) is 0 Å². The number of fused-ring (bicyclic) bond motifs is 4. The van der Waals surface area contributed by atoms with Crippen LogP contribution in [0.3, 0.4) is 0 Å². The number of alkyl halides is 1. The topological polar surface area (TPSA) is 157 Å². The first-order valence-electron chi connectivity index (χ1n) is 19.9. The Balaban J connectivity index is 0.000000190. The molecule has 6 heterocycles. The van der Waals surface area contributed by atoms with Crippen molar-refractivity contribution in [1.82, 2.24) is 19.8 Å². The van der Waals surface area contributed by atoms with E-state index >= 15 is 0 Å². The Labute approximate surface area is 414 Å². The highest BCUT2D eigenvalue weighted by atomic mass is 79.9. The number of nitrogens with one attached hydrogen (secondary N) is 1. The number of thiazole rings is 2. The molecule has 8 rings (SSSR count). The van der Waals surface area contributed by atoms with E-state index in [1.807, 2.05) is 71.9 Å². The lowest BCUT2D eigenvalue weighted by Gasteiger charge is -2.30. The number of hydrogen-bond acceptors (Lipinski definition) is 13. The van der Waals surface area contributed by atoms with Gasteiger partial charge < -0.3 is 30.3 Å². The summed E-state index contributed by atoms with van der Waals surface area (Å²) in [4.78, 5) is 62.0. The lowest BCUT2D eigenvalue weighted by molar-refractivity contribution is -0.112. The van der Waals surface area contributed by atoms with Gasteiger partial charge in [0.1, 0.15) is 26.2 Å². The lowest BCUT2D eigenvalue weighted by Crippen LogP contribution is -2.39. The van der Waals surface area contributed by atoms with E-state index in [9.17, 15) is 19.2 Å². The Morgan fingerprint density at radius 2 is 1.27 bits per heavy atom. The lowest BCUT2D eigenvalue weighted by atomic mass is 10.0. The van der Waals surface area contributed by atoms with E-state index in [0.717, 1.165) is 82.3 Å². The van der Waals surface area contributed by atoms with Crippen LogP contribution in [0.1, 0.15) is 68.8 Å². The second-order valence-electron chi connectivity index (χ2n) is 16.5. The average molecular weight is 1110 g/mol. The first-order valence-corrected chi connectivity index (χ1v) is 25.7. The third-order valence-corrected chi connectivity index (χ3v) is 14.9. The second-order valence-corrected chi connectivity index (χ2v) is 23.4. The number of rotatable bonds is 6. The van der Waals surface area contributed by atoms with E-state index in [4.69, 9.17) is 48.4 Å². The number of carbonyl (C=O) groups is 4. The quantitative estimate of drug-likeness (QED) is 0.0941. The summed E-state index contributed by atoms with van der Waals surface area (Å²) in [6.45, 7) is 16.9. The maximum atomic E-state index is 12.6. The third-order valence-electron chi connectivity index (χ3n) is 9.28. The molecule has 0 aliphatic carbocycles. The predicted molar refractivity (Wildman–Crippen MR) is 271 cm³/mol. The highest BCUT2D eigenvalue weighted by Gasteiger charge is 2.33. The van der Waals surface area contributed by atoms with Gasteiger partial charge in [0, 0.05) is 55.2 Å². The number of halogens is 4. The van der Waals surface area contributed by atoms with Crippen molar-refractivity contribution >= 4 is 154 Å². The Morgan fingerprint density at radius 1 is 0.797 bits per heavy atom. The van der Waals surface area contributed by atoms with Crippen molar-refractivity contribution in [3.8, 4) is 21.1 Å². The zero-order valence-corrected chi connectivity index (χ0v) is 43.8. The van der Waals surface area contributed by atoms with Crippen LogP contribution < -0.4 is 11.1 Å². The van der Waals surface area contributed by atoms with Crippen molar-refractivity contribution < 1.29 is 28.7 Å². The minimum absolute atomic E-state index is 0.267. The van der Waals surface area contributed by atoms with Crippen molar-refractivity contribution in [2.45, 2.75) is 85.1 Å². The highest BCUT2D eigenvalue weighted by Crippen LogP contribution is 2.47. The average Bonchev–Trinajstić information content (AvgIpc) is 3.97. The molecule has 2 aliphatic rings. The van der Waals surface area contributed by atoms with Crippen LogP contribution in [-0.4, -0.2) is 73.3 Å². The summed E-state index contributed by atoms with van der Waals surface area (Å²) in [5.74, 6) is 0.0511. The van der Waals surface area contributed by atoms with E-state index in [1.165, 1.54) is 23.0 Å². The minimum atomic E-state index is -0.545. The monoisotopic (exact) mass is 1110 g/mol. The summed E-state index contributed by atoms with van der Waals surface area (Å²) in [5.41, 5.74) is 11.5. The predicted octanol–water partition coefficient (Wildman–Crippen LogP) is 13.2. The number of aromatic nitrogens is 2. The van der Waals surface area contributed by atoms with Crippen LogP contribution in [0.25, 0.3) is 41.6 Å². The Kier molecular flexibility index (Phi) is 16.3. The summed E-state index contributed by atoms with van der Waals surface area (Å²) in [5, 5.41) is 5.88. The molecular formula is C44H46Br2Cl2N6O6S4. The van der Waals surface area contributed by atoms with Crippen LogP contribution in [-0.2, 0) is 45.0 Å². The van der Waals surface area contributed by atoms with Gasteiger partial charge in [-0.05, 0) is 120 Å². The van der Waals surface area contributed by atoms with E-state index < -0.39 is 11.2 Å². The molecule has 0 radical (unpaired) electrons. The fourth-order valence-electron chi connectivity index (χ4n) is 6.59. The number of nitrogen functional groups attached to an aromatic ring is 1. The molecule has 12 nitrogen and oxygen atoms in total. The molecule has 0 unspecified atom stereocenters. The van der Waals surface area contributed by atoms with Gasteiger partial charge in [-0.15, -0.1) is 56.9 Å². The molecule has 0 spiro atoms. The second kappa shape index (κ2) is 20.9. The molecule has 0 bridgehead atoms. The van der Waals surface area contributed by atoms with Crippen molar-refractivity contribution in [2.24, 2.45) is 0 Å². The number of carbonyl (C=O) groups excluding carboxylic acids is 4. The normalized spacial score (nSPS) is 13.5. The summed E-state index contributed by atoms with van der Waals surface area (Å²) in [7, 11) is 0. The molecule has 340 valence electrons. The number of benzene rings is 2. The zero-order valence-electron chi connectivity index (χ0n) is 35.9. The fraction of sp³-hybridized carbons (Fsp3) is 0.364. The highest BCUT2D eigenvalue weighted by molar-refractivity contribution is 9.10. The fourth-order valence-corrected chi connectivity index (χ4v) is 12.2. The van der Waals surface area contributed by atoms with Gasteiger partial charge in [-0.1, -0.05) is 38.4 Å². The van der Waals surface area contributed by atoms with Crippen LogP contribution >= 0.6 is 100 Å². The summed E-state index contributed by atoms with van der Waals surface area (Å²) < 4.78 is 15.2. The van der Waals surface area contributed by atoms with Crippen LogP contribution in [0.15, 0.2) is 58.0 Å². The Hall–Kier alpha value is -3.62. The van der Waals surface area contributed by atoms with Crippen molar-refractivity contribution in [2.75, 3.05) is 30.0 Å². The van der Waals surface area contributed by atoms with Gasteiger partial charge in [-0.2, -0.15) is 0 Å². The van der Waals surface area contributed by atoms with Gasteiger partial charge in [0.25, 0.3) is 0 Å². The van der Waals surface area contributed by atoms with Crippen LogP contribution in [0, 0.1) is 0 Å².